The van der Waals surface area contributed by atoms with E-state index < -0.39 is 5.63 Å². The molecule has 0 spiro atoms. The molecule has 0 aliphatic rings. The molecule has 0 fully saturated rings. The summed E-state index contributed by atoms with van der Waals surface area (Å²) in [6, 6.07) is 7.72. The Morgan fingerprint density at radius 2 is 1.85 bits per heavy atom. The van der Waals surface area contributed by atoms with Gasteiger partial charge in [-0.1, -0.05) is 11.6 Å². The number of carbonyl (C=O) groups excluding carboxylic acids is 1. The summed E-state index contributed by atoms with van der Waals surface area (Å²) in [6.07, 6.45) is 4.86. The number of furan rings is 1. The molecule has 6 nitrogen and oxygen atoms in total. The van der Waals surface area contributed by atoms with Crippen LogP contribution < -0.4 is 10.9 Å². The third-order valence-electron chi connectivity index (χ3n) is 6.58. The van der Waals surface area contributed by atoms with E-state index in [1.165, 1.54) is 0 Å². The molecule has 1 amide bonds. The molecule has 174 valence electrons. The van der Waals surface area contributed by atoms with E-state index in [1.54, 1.807) is 6.26 Å². The van der Waals surface area contributed by atoms with E-state index >= 15 is 0 Å². The number of carbonyl (C=O) groups is 1. The van der Waals surface area contributed by atoms with Crippen molar-refractivity contribution < 1.29 is 13.6 Å². The van der Waals surface area contributed by atoms with Gasteiger partial charge in [-0.25, -0.2) is 4.79 Å². The maximum atomic E-state index is 12.7. The van der Waals surface area contributed by atoms with Gasteiger partial charge in [-0.15, -0.1) is 0 Å². The van der Waals surface area contributed by atoms with Gasteiger partial charge in [0.05, 0.1) is 6.26 Å². The number of H-pyrrole nitrogens is 1. The normalized spacial score (nSPS) is 11.6. The van der Waals surface area contributed by atoms with Crippen LogP contribution in [-0.2, 0) is 17.6 Å². The number of nitrogens with one attached hydrogen (secondary N) is 2. The van der Waals surface area contributed by atoms with Gasteiger partial charge in [0.2, 0.25) is 5.91 Å². The number of fused-ring (bicyclic) bond motifs is 3. The number of hydrogen-bond donors (Lipinski definition) is 2. The number of halogens is 1. The fourth-order valence-corrected chi connectivity index (χ4v) is 4.80. The van der Waals surface area contributed by atoms with Crippen LogP contribution in [0.3, 0.4) is 0 Å². The third-order valence-corrected chi connectivity index (χ3v) is 6.82. The average molecular weight is 477 g/mol. The Morgan fingerprint density at radius 3 is 2.68 bits per heavy atom. The minimum Gasteiger partial charge on any atom is -0.464 e. The number of amides is 1. The van der Waals surface area contributed by atoms with E-state index in [9.17, 15) is 9.59 Å². The van der Waals surface area contributed by atoms with E-state index in [4.69, 9.17) is 20.4 Å². The maximum Gasteiger partial charge on any atom is 0.339 e. The molecule has 0 atom stereocenters. The molecule has 0 aliphatic carbocycles. The summed E-state index contributed by atoms with van der Waals surface area (Å²) >= 11 is 6.11. The molecular formula is C27H25ClN2O4. The Hall–Kier alpha value is -3.51. The van der Waals surface area contributed by atoms with Crippen molar-refractivity contribution in [3.05, 3.63) is 80.0 Å². The van der Waals surface area contributed by atoms with Crippen LogP contribution >= 0.6 is 11.6 Å². The standard InChI is InChI=1S/C27H25ClN2O4/c1-14-13-33-25-16(3)26-21(11-20(14)25)15(2)19(27(32)34-26)5-7-24(31)29-9-8-17-12-30-23-6-4-18(28)10-22(17)23/h4,6,10-13,30H,5,7-9H2,1-3H3,(H,29,31). The predicted molar refractivity (Wildman–Crippen MR) is 135 cm³/mol. The van der Waals surface area contributed by atoms with Crippen LogP contribution in [0.15, 0.2) is 50.4 Å². The van der Waals surface area contributed by atoms with Crippen LogP contribution in [-0.4, -0.2) is 17.4 Å². The SMILES string of the molecule is Cc1coc2c(C)c3oc(=O)c(CCC(=O)NCCc4c[nH]c5ccc(Cl)cc45)c(C)c3cc12. The summed E-state index contributed by atoms with van der Waals surface area (Å²) in [6.45, 7) is 6.29. The Kier molecular flexibility index (Phi) is 5.70. The second-order valence-corrected chi connectivity index (χ2v) is 9.21. The first-order chi connectivity index (χ1) is 16.3. The number of hydrogen-bond acceptors (Lipinski definition) is 4. The lowest BCUT2D eigenvalue weighted by atomic mass is 9.98. The first-order valence-corrected chi connectivity index (χ1v) is 11.7. The van der Waals surface area contributed by atoms with Gasteiger partial charge < -0.3 is 19.1 Å². The highest BCUT2D eigenvalue weighted by molar-refractivity contribution is 6.31. The Labute approximate surface area is 200 Å². The quantitative estimate of drug-likeness (QED) is 0.299. The number of aromatic nitrogens is 1. The molecule has 34 heavy (non-hydrogen) atoms. The minimum absolute atomic E-state index is 0.103. The van der Waals surface area contributed by atoms with Crippen LogP contribution in [0, 0.1) is 20.8 Å². The largest absolute Gasteiger partial charge is 0.464 e. The Bertz CT molecular complexity index is 1620. The number of aryl methyl sites for hydroxylation is 3. The van der Waals surface area contributed by atoms with Crippen LogP contribution in [0.25, 0.3) is 32.8 Å². The molecular weight excluding hydrogens is 452 g/mol. The molecule has 0 aliphatic heterocycles. The van der Waals surface area contributed by atoms with Gasteiger partial charge in [0.1, 0.15) is 11.2 Å². The van der Waals surface area contributed by atoms with Crippen molar-refractivity contribution in [3.8, 4) is 0 Å². The zero-order valence-corrected chi connectivity index (χ0v) is 20.1. The van der Waals surface area contributed by atoms with E-state index in [1.807, 2.05) is 51.2 Å². The lowest BCUT2D eigenvalue weighted by Gasteiger charge is -2.10. The van der Waals surface area contributed by atoms with Crippen molar-refractivity contribution in [1.29, 1.82) is 0 Å². The van der Waals surface area contributed by atoms with E-state index in [2.05, 4.69) is 10.3 Å². The highest BCUT2D eigenvalue weighted by Gasteiger charge is 2.18. The van der Waals surface area contributed by atoms with Crippen LogP contribution in [0.1, 0.15) is 34.2 Å². The lowest BCUT2D eigenvalue weighted by Crippen LogP contribution is -2.26. The zero-order chi connectivity index (χ0) is 24.0. The minimum atomic E-state index is -0.404. The summed E-state index contributed by atoms with van der Waals surface area (Å²) in [4.78, 5) is 28.5. The van der Waals surface area contributed by atoms with Crippen molar-refractivity contribution in [2.24, 2.45) is 0 Å². The molecule has 5 aromatic rings. The highest BCUT2D eigenvalue weighted by atomic mass is 35.5. The van der Waals surface area contributed by atoms with E-state index in [0.717, 1.165) is 49.5 Å². The van der Waals surface area contributed by atoms with E-state index in [0.29, 0.717) is 35.6 Å². The molecule has 0 unspecified atom stereocenters. The third kappa shape index (κ3) is 3.88. The van der Waals surface area contributed by atoms with Gasteiger partial charge in [-0.3, -0.25) is 4.79 Å². The summed E-state index contributed by atoms with van der Waals surface area (Å²) in [7, 11) is 0. The van der Waals surface area contributed by atoms with Crippen LogP contribution in [0.2, 0.25) is 5.02 Å². The lowest BCUT2D eigenvalue weighted by molar-refractivity contribution is -0.121. The number of rotatable bonds is 6. The fourth-order valence-electron chi connectivity index (χ4n) is 4.63. The van der Waals surface area contributed by atoms with Crippen molar-refractivity contribution >= 4 is 50.3 Å². The first kappa shape index (κ1) is 22.3. The Balaban J connectivity index is 1.29. The smallest absolute Gasteiger partial charge is 0.339 e. The van der Waals surface area contributed by atoms with Crippen molar-refractivity contribution in [2.75, 3.05) is 6.54 Å². The monoisotopic (exact) mass is 476 g/mol. The summed E-state index contributed by atoms with van der Waals surface area (Å²) in [5.41, 5.74) is 6.21. The van der Waals surface area contributed by atoms with Gasteiger partial charge in [0.25, 0.3) is 0 Å². The summed E-state index contributed by atoms with van der Waals surface area (Å²) in [5.74, 6) is -0.103. The highest BCUT2D eigenvalue weighted by Crippen LogP contribution is 2.32. The second-order valence-electron chi connectivity index (χ2n) is 8.77. The first-order valence-electron chi connectivity index (χ1n) is 11.3. The molecule has 0 saturated heterocycles. The van der Waals surface area contributed by atoms with E-state index in [-0.39, 0.29) is 12.3 Å². The van der Waals surface area contributed by atoms with Crippen molar-refractivity contribution in [1.82, 2.24) is 10.3 Å². The van der Waals surface area contributed by atoms with Gasteiger partial charge >= 0.3 is 5.63 Å². The van der Waals surface area contributed by atoms with Gasteiger partial charge in [-0.05, 0) is 74.6 Å². The number of benzene rings is 2. The maximum absolute atomic E-state index is 12.7. The van der Waals surface area contributed by atoms with Gasteiger partial charge in [0, 0.05) is 57.0 Å². The molecule has 3 heterocycles. The molecule has 7 heteroatoms. The van der Waals surface area contributed by atoms with Crippen LogP contribution in [0.4, 0.5) is 0 Å². The average Bonchev–Trinajstić information content (AvgIpc) is 3.38. The number of aromatic amines is 1. The molecule has 2 aromatic carbocycles. The van der Waals surface area contributed by atoms with Crippen molar-refractivity contribution in [3.63, 3.8) is 0 Å². The fraction of sp³-hybridized carbons (Fsp3) is 0.259. The summed E-state index contributed by atoms with van der Waals surface area (Å²) in [5, 5.41) is 6.57. The molecule has 2 N–H and O–H groups in total. The topological polar surface area (TPSA) is 88.2 Å². The molecule has 0 bridgehead atoms. The van der Waals surface area contributed by atoms with Crippen LogP contribution in [0.5, 0.6) is 0 Å². The summed E-state index contributed by atoms with van der Waals surface area (Å²) < 4.78 is 11.3. The van der Waals surface area contributed by atoms with Crippen molar-refractivity contribution in [2.45, 2.75) is 40.0 Å². The van der Waals surface area contributed by atoms with Gasteiger partial charge in [0.15, 0.2) is 0 Å². The molecule has 3 aromatic heterocycles. The Morgan fingerprint density at radius 1 is 1.03 bits per heavy atom. The second kappa shape index (κ2) is 8.69. The van der Waals surface area contributed by atoms with Gasteiger partial charge in [-0.2, -0.15) is 0 Å². The molecule has 0 saturated carbocycles. The molecule has 0 radical (unpaired) electrons. The molecule has 5 rings (SSSR count). The predicted octanol–water partition coefficient (Wildman–Crippen LogP) is 5.89. The zero-order valence-electron chi connectivity index (χ0n) is 19.3.